The van der Waals surface area contributed by atoms with Gasteiger partial charge in [-0.25, -0.2) is 0 Å². The summed E-state index contributed by atoms with van der Waals surface area (Å²) in [6, 6.07) is 18.7. The van der Waals surface area contributed by atoms with Gasteiger partial charge in [0.25, 0.3) is 0 Å². The van der Waals surface area contributed by atoms with Crippen LogP contribution in [0.1, 0.15) is 42.1 Å². The van der Waals surface area contributed by atoms with Crippen LogP contribution >= 0.6 is 0 Å². The van der Waals surface area contributed by atoms with Crippen molar-refractivity contribution in [1.29, 1.82) is 0 Å². The number of aryl methyl sites for hydroxylation is 1. The first-order chi connectivity index (χ1) is 9.22. The van der Waals surface area contributed by atoms with Crippen LogP contribution in [0.25, 0.3) is 0 Å². The van der Waals surface area contributed by atoms with Crippen LogP contribution in [-0.4, -0.2) is 5.11 Å². The molecule has 1 fully saturated rings. The average molecular weight is 252 g/mol. The second-order valence-electron chi connectivity index (χ2n) is 5.69. The normalized spacial score (nSPS) is 18.6. The SMILES string of the molecule is Cc1cccc(C(O)C2(c3ccccc3)CCC2)c1. The number of benzene rings is 2. The highest BCUT2D eigenvalue weighted by molar-refractivity contribution is 5.35. The lowest BCUT2D eigenvalue weighted by Gasteiger charge is -2.46. The largest absolute Gasteiger partial charge is 0.387 e. The molecule has 2 aromatic rings. The molecule has 0 amide bonds. The van der Waals surface area contributed by atoms with Gasteiger partial charge < -0.3 is 5.11 Å². The molecule has 2 aromatic carbocycles. The Labute approximate surface area is 114 Å². The molecule has 0 aliphatic heterocycles. The maximum atomic E-state index is 10.9. The van der Waals surface area contributed by atoms with Gasteiger partial charge in [0.15, 0.2) is 0 Å². The maximum Gasteiger partial charge on any atom is 0.0886 e. The Balaban J connectivity index is 1.99. The summed E-state index contributed by atoms with van der Waals surface area (Å²) in [4.78, 5) is 0. The Bertz CT molecular complexity index is 555. The minimum atomic E-state index is -0.399. The van der Waals surface area contributed by atoms with Crippen molar-refractivity contribution < 1.29 is 5.11 Å². The van der Waals surface area contributed by atoms with Crippen LogP contribution in [0.2, 0.25) is 0 Å². The molecule has 0 radical (unpaired) electrons. The molecule has 1 aliphatic rings. The van der Waals surface area contributed by atoms with E-state index in [0.29, 0.717) is 0 Å². The lowest BCUT2D eigenvalue weighted by atomic mass is 9.60. The van der Waals surface area contributed by atoms with Crippen molar-refractivity contribution in [3.05, 3.63) is 71.3 Å². The Morgan fingerprint density at radius 1 is 1.00 bits per heavy atom. The van der Waals surface area contributed by atoms with E-state index in [4.69, 9.17) is 0 Å². The van der Waals surface area contributed by atoms with Crippen LogP contribution in [0.5, 0.6) is 0 Å². The third kappa shape index (κ3) is 2.08. The van der Waals surface area contributed by atoms with Gasteiger partial charge in [-0.1, -0.05) is 66.6 Å². The number of aliphatic hydroxyl groups is 1. The molecule has 0 bridgehead atoms. The maximum absolute atomic E-state index is 10.9. The number of hydrogen-bond donors (Lipinski definition) is 1. The molecule has 98 valence electrons. The van der Waals surface area contributed by atoms with Gasteiger partial charge in [0, 0.05) is 5.41 Å². The van der Waals surface area contributed by atoms with E-state index in [1.165, 1.54) is 17.5 Å². The zero-order valence-electron chi connectivity index (χ0n) is 11.3. The molecule has 0 spiro atoms. The molecule has 0 saturated heterocycles. The van der Waals surface area contributed by atoms with Crippen LogP contribution in [0.15, 0.2) is 54.6 Å². The summed E-state index contributed by atoms with van der Waals surface area (Å²) in [5.41, 5.74) is 3.45. The molecule has 1 nitrogen and oxygen atoms in total. The van der Waals surface area contributed by atoms with Crippen LogP contribution in [0.3, 0.4) is 0 Å². The summed E-state index contributed by atoms with van der Waals surface area (Å²) >= 11 is 0. The van der Waals surface area contributed by atoms with Crippen molar-refractivity contribution in [2.45, 2.75) is 37.7 Å². The van der Waals surface area contributed by atoms with Crippen molar-refractivity contribution in [2.75, 3.05) is 0 Å². The summed E-state index contributed by atoms with van der Waals surface area (Å²) in [6.45, 7) is 2.08. The van der Waals surface area contributed by atoms with E-state index >= 15 is 0 Å². The van der Waals surface area contributed by atoms with E-state index in [0.717, 1.165) is 18.4 Å². The van der Waals surface area contributed by atoms with Crippen molar-refractivity contribution in [1.82, 2.24) is 0 Å². The standard InChI is InChI=1S/C18H20O/c1-14-7-5-8-15(13-14)17(19)18(11-6-12-18)16-9-3-2-4-10-16/h2-5,7-10,13,17,19H,6,11-12H2,1H3. The smallest absolute Gasteiger partial charge is 0.0886 e. The Morgan fingerprint density at radius 3 is 2.32 bits per heavy atom. The summed E-state index contributed by atoms with van der Waals surface area (Å²) in [7, 11) is 0. The lowest BCUT2D eigenvalue weighted by Crippen LogP contribution is -2.40. The van der Waals surface area contributed by atoms with Crippen molar-refractivity contribution in [3.63, 3.8) is 0 Å². The molecule has 1 atom stereocenters. The van der Waals surface area contributed by atoms with E-state index in [2.05, 4.69) is 43.3 Å². The first kappa shape index (κ1) is 12.4. The summed E-state index contributed by atoms with van der Waals surface area (Å²) in [5, 5.41) is 10.9. The second kappa shape index (κ2) is 4.82. The monoisotopic (exact) mass is 252 g/mol. The summed E-state index contributed by atoms with van der Waals surface area (Å²) in [6.07, 6.45) is 2.96. The third-order valence-corrected chi connectivity index (χ3v) is 4.48. The predicted octanol–water partition coefficient (Wildman–Crippen LogP) is 4.15. The molecule has 0 aromatic heterocycles. The van der Waals surface area contributed by atoms with Crippen molar-refractivity contribution in [2.24, 2.45) is 0 Å². The highest BCUT2D eigenvalue weighted by atomic mass is 16.3. The fourth-order valence-corrected chi connectivity index (χ4v) is 3.21. The number of hydrogen-bond acceptors (Lipinski definition) is 1. The fraction of sp³-hybridized carbons (Fsp3) is 0.333. The Kier molecular flexibility index (Phi) is 3.16. The lowest BCUT2D eigenvalue weighted by molar-refractivity contribution is 0.0268. The van der Waals surface area contributed by atoms with E-state index in [1.54, 1.807) is 0 Å². The first-order valence-electron chi connectivity index (χ1n) is 7.02. The first-order valence-corrected chi connectivity index (χ1v) is 7.02. The summed E-state index contributed by atoms with van der Waals surface area (Å²) < 4.78 is 0. The predicted molar refractivity (Wildman–Crippen MR) is 78.1 cm³/mol. The van der Waals surface area contributed by atoms with Gasteiger partial charge in [-0.15, -0.1) is 0 Å². The number of rotatable bonds is 3. The van der Waals surface area contributed by atoms with Gasteiger partial charge in [0.1, 0.15) is 0 Å². The molecule has 1 heteroatoms. The topological polar surface area (TPSA) is 20.2 Å². The van der Waals surface area contributed by atoms with Gasteiger partial charge in [0.05, 0.1) is 6.10 Å². The second-order valence-corrected chi connectivity index (χ2v) is 5.69. The van der Waals surface area contributed by atoms with Crippen LogP contribution in [-0.2, 0) is 5.41 Å². The highest BCUT2D eigenvalue weighted by Crippen LogP contribution is 2.52. The molecule has 3 rings (SSSR count). The van der Waals surface area contributed by atoms with Crippen molar-refractivity contribution >= 4 is 0 Å². The average Bonchev–Trinajstić information content (AvgIpc) is 2.38. The zero-order chi connectivity index (χ0) is 13.3. The highest BCUT2D eigenvalue weighted by Gasteiger charge is 2.45. The number of aliphatic hydroxyl groups excluding tert-OH is 1. The molecular weight excluding hydrogens is 232 g/mol. The van der Waals surface area contributed by atoms with Crippen LogP contribution in [0.4, 0.5) is 0 Å². The van der Waals surface area contributed by atoms with Gasteiger partial charge >= 0.3 is 0 Å². The van der Waals surface area contributed by atoms with Gasteiger partial charge in [-0.3, -0.25) is 0 Å². The Hall–Kier alpha value is -1.60. The quantitative estimate of drug-likeness (QED) is 0.870. The van der Waals surface area contributed by atoms with E-state index in [-0.39, 0.29) is 5.41 Å². The van der Waals surface area contributed by atoms with E-state index in [9.17, 15) is 5.11 Å². The molecule has 1 saturated carbocycles. The molecule has 1 unspecified atom stereocenters. The molecule has 1 aliphatic carbocycles. The van der Waals surface area contributed by atoms with Crippen LogP contribution < -0.4 is 0 Å². The van der Waals surface area contributed by atoms with Gasteiger partial charge in [-0.2, -0.15) is 0 Å². The molecular formula is C18H20O. The van der Waals surface area contributed by atoms with Crippen LogP contribution in [0, 0.1) is 6.92 Å². The zero-order valence-corrected chi connectivity index (χ0v) is 11.3. The van der Waals surface area contributed by atoms with E-state index in [1.807, 2.05) is 18.2 Å². The molecule has 0 heterocycles. The minimum absolute atomic E-state index is 0.0744. The van der Waals surface area contributed by atoms with Gasteiger partial charge in [0.2, 0.25) is 0 Å². The fourth-order valence-electron chi connectivity index (χ4n) is 3.21. The van der Waals surface area contributed by atoms with Crippen molar-refractivity contribution in [3.8, 4) is 0 Å². The minimum Gasteiger partial charge on any atom is -0.387 e. The Morgan fingerprint density at radius 2 is 1.74 bits per heavy atom. The van der Waals surface area contributed by atoms with E-state index < -0.39 is 6.10 Å². The van der Waals surface area contributed by atoms with Gasteiger partial charge in [-0.05, 0) is 30.9 Å². The molecule has 1 N–H and O–H groups in total. The third-order valence-electron chi connectivity index (χ3n) is 4.48. The molecule has 19 heavy (non-hydrogen) atoms. The summed E-state index contributed by atoms with van der Waals surface area (Å²) in [5.74, 6) is 0.